The number of hydrogen-bond donors (Lipinski definition) is 0. The highest BCUT2D eigenvalue weighted by molar-refractivity contribution is 5.77. The van der Waals surface area contributed by atoms with Gasteiger partial charge in [-0.05, 0) is 38.5 Å². The molecule has 98 valence electrons. The molecule has 0 unspecified atom stereocenters. The average Bonchev–Trinajstić information content (AvgIpc) is 2.87. The van der Waals surface area contributed by atoms with E-state index in [0.29, 0.717) is 5.89 Å². The van der Waals surface area contributed by atoms with Crippen molar-refractivity contribution in [2.75, 3.05) is 7.11 Å². The normalized spacial score (nSPS) is 34.6. The molecule has 0 aliphatic heterocycles. The van der Waals surface area contributed by atoms with Crippen molar-refractivity contribution in [3.63, 3.8) is 0 Å². The van der Waals surface area contributed by atoms with Gasteiger partial charge in [0.15, 0.2) is 5.82 Å². The van der Waals surface area contributed by atoms with Crippen molar-refractivity contribution in [1.82, 2.24) is 10.1 Å². The van der Waals surface area contributed by atoms with E-state index in [1.807, 2.05) is 6.92 Å². The van der Waals surface area contributed by atoms with Crippen LogP contribution in [-0.4, -0.2) is 23.2 Å². The first kappa shape index (κ1) is 11.7. The lowest BCUT2D eigenvalue weighted by Crippen LogP contribution is -2.48. The number of nitrogens with zero attached hydrogens (tertiary/aromatic N) is 2. The van der Waals surface area contributed by atoms with Gasteiger partial charge in [0, 0.05) is 12.3 Å². The maximum Gasteiger partial charge on any atom is 0.311 e. The summed E-state index contributed by atoms with van der Waals surface area (Å²) in [5.41, 5.74) is -0.206. The summed E-state index contributed by atoms with van der Waals surface area (Å²) in [5.74, 6) is 1.41. The summed E-state index contributed by atoms with van der Waals surface area (Å²) >= 11 is 0. The lowest BCUT2D eigenvalue weighted by Gasteiger charge is -2.50. The molecular formula is C13H18N2O3. The van der Waals surface area contributed by atoms with E-state index in [0.717, 1.165) is 44.3 Å². The minimum Gasteiger partial charge on any atom is -0.469 e. The fourth-order valence-corrected chi connectivity index (χ4v) is 3.56. The summed E-state index contributed by atoms with van der Waals surface area (Å²) in [6.45, 7) is 1.82. The largest absolute Gasteiger partial charge is 0.469 e. The van der Waals surface area contributed by atoms with E-state index >= 15 is 0 Å². The first-order valence-electron chi connectivity index (χ1n) is 6.50. The van der Waals surface area contributed by atoms with Crippen LogP contribution >= 0.6 is 0 Å². The highest BCUT2D eigenvalue weighted by atomic mass is 16.5. The molecule has 0 radical (unpaired) electrons. The van der Waals surface area contributed by atoms with Crippen LogP contribution in [0.15, 0.2) is 4.52 Å². The third-order valence-electron chi connectivity index (χ3n) is 4.87. The molecule has 1 heterocycles. The molecular weight excluding hydrogens is 232 g/mol. The number of rotatable bonds is 2. The zero-order valence-electron chi connectivity index (χ0n) is 10.9. The van der Waals surface area contributed by atoms with E-state index in [2.05, 4.69) is 10.1 Å². The van der Waals surface area contributed by atoms with Crippen LogP contribution < -0.4 is 0 Å². The Morgan fingerprint density at radius 3 is 2.28 bits per heavy atom. The van der Waals surface area contributed by atoms with Gasteiger partial charge in [-0.2, -0.15) is 4.98 Å². The smallest absolute Gasteiger partial charge is 0.311 e. The van der Waals surface area contributed by atoms with Crippen molar-refractivity contribution >= 4 is 5.97 Å². The van der Waals surface area contributed by atoms with E-state index in [1.54, 1.807) is 0 Å². The van der Waals surface area contributed by atoms with Gasteiger partial charge in [-0.15, -0.1) is 0 Å². The summed E-state index contributed by atoms with van der Waals surface area (Å²) in [6.07, 6.45) is 5.52. The van der Waals surface area contributed by atoms with Gasteiger partial charge >= 0.3 is 5.97 Å². The Morgan fingerprint density at radius 2 is 1.83 bits per heavy atom. The molecule has 0 amide bonds. The van der Waals surface area contributed by atoms with Crippen molar-refractivity contribution in [2.24, 2.45) is 5.41 Å². The number of carbonyl (C=O) groups excluding carboxylic acids is 1. The Bertz CT molecular complexity index is 456. The highest BCUT2D eigenvalue weighted by Crippen LogP contribution is 2.57. The maximum atomic E-state index is 11.9. The molecule has 5 heteroatoms. The second kappa shape index (κ2) is 3.80. The molecule has 0 spiro atoms. The lowest BCUT2D eigenvalue weighted by molar-refractivity contribution is -0.160. The van der Waals surface area contributed by atoms with Gasteiger partial charge in [0.2, 0.25) is 5.89 Å². The first-order chi connectivity index (χ1) is 8.60. The first-order valence-corrected chi connectivity index (χ1v) is 6.50. The molecule has 3 aliphatic rings. The third kappa shape index (κ3) is 1.49. The van der Waals surface area contributed by atoms with Crippen LogP contribution in [0.5, 0.6) is 0 Å². The Hall–Kier alpha value is -1.39. The number of hydrogen-bond acceptors (Lipinski definition) is 5. The molecule has 3 aliphatic carbocycles. The van der Waals surface area contributed by atoms with Crippen LogP contribution in [0.3, 0.4) is 0 Å². The standard InChI is InChI=1S/C13H18N2O3/c1-9-14-10(15-18-9)12-3-6-13(7-4-12,8-5-12)11(16)17-2/h3-8H2,1-2H3. The molecule has 0 N–H and O–H groups in total. The molecule has 18 heavy (non-hydrogen) atoms. The predicted octanol–water partition coefficient (Wildman–Crippen LogP) is 2.14. The van der Waals surface area contributed by atoms with Crippen molar-refractivity contribution in [3.8, 4) is 0 Å². The van der Waals surface area contributed by atoms with Crippen LogP contribution in [0, 0.1) is 12.3 Å². The van der Waals surface area contributed by atoms with Crippen molar-refractivity contribution in [2.45, 2.75) is 50.9 Å². The minimum atomic E-state index is -0.241. The second-order valence-corrected chi connectivity index (χ2v) is 5.69. The maximum absolute atomic E-state index is 11.9. The molecule has 0 saturated heterocycles. The fourth-order valence-electron chi connectivity index (χ4n) is 3.56. The third-order valence-corrected chi connectivity index (χ3v) is 4.87. The van der Waals surface area contributed by atoms with E-state index < -0.39 is 0 Å². The fraction of sp³-hybridized carbons (Fsp3) is 0.769. The minimum absolute atomic E-state index is 0.0352. The predicted molar refractivity (Wildman–Crippen MR) is 62.9 cm³/mol. The molecule has 0 atom stereocenters. The van der Waals surface area contributed by atoms with Gasteiger partial charge in [-0.1, -0.05) is 5.16 Å². The van der Waals surface area contributed by atoms with Gasteiger partial charge in [0.1, 0.15) is 0 Å². The Morgan fingerprint density at radius 1 is 1.22 bits per heavy atom. The van der Waals surface area contributed by atoms with Gasteiger partial charge in [-0.3, -0.25) is 4.79 Å². The van der Waals surface area contributed by atoms with E-state index in [4.69, 9.17) is 9.26 Å². The Labute approximate surface area is 106 Å². The Kier molecular flexibility index (Phi) is 2.47. The van der Waals surface area contributed by atoms with Gasteiger partial charge < -0.3 is 9.26 Å². The molecule has 4 rings (SSSR count). The molecule has 1 aromatic rings. The zero-order valence-corrected chi connectivity index (χ0v) is 10.9. The molecule has 2 bridgehead atoms. The highest BCUT2D eigenvalue weighted by Gasteiger charge is 2.55. The molecule has 5 nitrogen and oxygen atoms in total. The van der Waals surface area contributed by atoms with Crippen LogP contribution in [-0.2, 0) is 14.9 Å². The monoisotopic (exact) mass is 250 g/mol. The molecule has 1 aromatic heterocycles. The van der Waals surface area contributed by atoms with Gasteiger partial charge in [0.25, 0.3) is 0 Å². The zero-order chi connectivity index (χ0) is 12.8. The van der Waals surface area contributed by atoms with E-state index in [-0.39, 0.29) is 16.8 Å². The molecule has 0 aromatic carbocycles. The second-order valence-electron chi connectivity index (χ2n) is 5.69. The lowest BCUT2D eigenvalue weighted by atomic mass is 9.53. The van der Waals surface area contributed by atoms with Gasteiger partial charge in [-0.25, -0.2) is 0 Å². The summed E-state index contributed by atoms with van der Waals surface area (Å²) < 4.78 is 10.1. The molecule has 3 saturated carbocycles. The van der Waals surface area contributed by atoms with Crippen LogP contribution in [0.2, 0.25) is 0 Å². The van der Waals surface area contributed by atoms with Crippen LogP contribution in [0.4, 0.5) is 0 Å². The summed E-state index contributed by atoms with van der Waals surface area (Å²) in [7, 11) is 1.48. The number of methoxy groups -OCH3 is 1. The molecule has 3 fully saturated rings. The quantitative estimate of drug-likeness (QED) is 0.752. The number of aryl methyl sites for hydroxylation is 1. The number of esters is 1. The number of aromatic nitrogens is 2. The van der Waals surface area contributed by atoms with Crippen molar-refractivity contribution in [1.29, 1.82) is 0 Å². The number of ether oxygens (including phenoxy) is 1. The number of carbonyl (C=O) groups is 1. The summed E-state index contributed by atoms with van der Waals surface area (Å²) in [4.78, 5) is 16.3. The average molecular weight is 250 g/mol. The van der Waals surface area contributed by atoms with Crippen LogP contribution in [0.1, 0.15) is 50.2 Å². The SMILES string of the molecule is COC(=O)C12CCC(c3noc(C)n3)(CC1)CC2. The summed E-state index contributed by atoms with van der Waals surface area (Å²) in [6, 6.07) is 0. The van der Waals surface area contributed by atoms with E-state index in [9.17, 15) is 4.79 Å². The summed E-state index contributed by atoms with van der Waals surface area (Å²) in [5, 5.41) is 4.09. The van der Waals surface area contributed by atoms with E-state index in [1.165, 1.54) is 7.11 Å². The van der Waals surface area contributed by atoms with Crippen molar-refractivity contribution in [3.05, 3.63) is 11.7 Å². The topological polar surface area (TPSA) is 65.2 Å². The van der Waals surface area contributed by atoms with Gasteiger partial charge in [0.05, 0.1) is 12.5 Å². The van der Waals surface area contributed by atoms with Crippen molar-refractivity contribution < 1.29 is 14.1 Å². The Balaban J connectivity index is 1.85. The number of fused-ring (bicyclic) bond motifs is 3. The van der Waals surface area contributed by atoms with Crippen LogP contribution in [0.25, 0.3) is 0 Å².